The van der Waals surface area contributed by atoms with Crippen molar-refractivity contribution >= 4 is 23.7 Å². The number of rotatable bonds is 11. The number of nitrogens with two attached hydrogens (primary N) is 1. The van der Waals surface area contributed by atoms with E-state index in [9.17, 15) is 34.5 Å². The van der Waals surface area contributed by atoms with Crippen LogP contribution in [0.2, 0.25) is 0 Å². The van der Waals surface area contributed by atoms with Crippen LogP contribution in [-0.4, -0.2) is 81.5 Å². The van der Waals surface area contributed by atoms with Crippen molar-refractivity contribution in [1.29, 1.82) is 0 Å². The van der Waals surface area contributed by atoms with E-state index in [1.54, 1.807) is 0 Å². The number of nitrogens with one attached hydrogen (secondary N) is 3. The summed E-state index contributed by atoms with van der Waals surface area (Å²) in [4.78, 5) is 47.6. The first-order chi connectivity index (χ1) is 14.1. The first kappa shape index (κ1) is 24.8. The Morgan fingerprint density at radius 1 is 1.00 bits per heavy atom. The number of aliphatic hydroxyl groups excluding tert-OH is 2. The number of carbonyl (C=O) groups is 4. The SMILES string of the molecule is CC(O)C(NC(=O)C(CO)NC(=O)C(Cc1ccc(O)cc1)NC(=O)CN)C(=O)O. The lowest BCUT2D eigenvalue weighted by Crippen LogP contribution is -2.59. The standard InChI is InChI=1S/C18H26N4O8/c1-9(24)15(18(29)30)22-17(28)13(8-23)21-16(27)12(20-14(26)7-19)6-10-2-4-11(25)5-3-10/h2-5,9,12-13,15,23-25H,6-8,19H2,1H3,(H,20,26)(H,21,27)(H,22,28)(H,29,30). The highest BCUT2D eigenvalue weighted by molar-refractivity contribution is 5.93. The minimum absolute atomic E-state index is 0.00820. The van der Waals surface area contributed by atoms with Gasteiger partial charge < -0.3 is 42.1 Å². The predicted molar refractivity (Wildman–Crippen MR) is 103 cm³/mol. The molecule has 4 unspecified atom stereocenters. The van der Waals surface area contributed by atoms with Gasteiger partial charge in [0.1, 0.15) is 17.8 Å². The van der Waals surface area contributed by atoms with Gasteiger partial charge in [-0.2, -0.15) is 0 Å². The van der Waals surface area contributed by atoms with Gasteiger partial charge in [-0.1, -0.05) is 12.1 Å². The number of hydrogen-bond donors (Lipinski definition) is 8. The van der Waals surface area contributed by atoms with E-state index in [0.717, 1.165) is 6.92 Å². The van der Waals surface area contributed by atoms with Crippen LogP contribution < -0.4 is 21.7 Å². The molecule has 166 valence electrons. The number of aromatic hydroxyl groups is 1. The van der Waals surface area contributed by atoms with Gasteiger partial charge in [-0.3, -0.25) is 14.4 Å². The molecule has 4 atom stereocenters. The predicted octanol–water partition coefficient (Wildman–Crippen LogP) is -3.19. The Hall–Kier alpha value is -3.22. The van der Waals surface area contributed by atoms with Crippen molar-refractivity contribution in [2.24, 2.45) is 5.73 Å². The van der Waals surface area contributed by atoms with E-state index in [1.165, 1.54) is 24.3 Å². The minimum atomic E-state index is -1.65. The van der Waals surface area contributed by atoms with Crippen LogP contribution >= 0.6 is 0 Å². The second kappa shape index (κ2) is 11.7. The number of carboxylic acids is 1. The lowest BCUT2D eigenvalue weighted by atomic mass is 10.0. The molecule has 0 saturated heterocycles. The average Bonchev–Trinajstić information content (AvgIpc) is 2.70. The minimum Gasteiger partial charge on any atom is -0.508 e. The maximum absolute atomic E-state index is 12.6. The highest BCUT2D eigenvalue weighted by Gasteiger charge is 2.31. The summed E-state index contributed by atoms with van der Waals surface area (Å²) in [5.41, 5.74) is 5.84. The molecule has 0 bridgehead atoms. The van der Waals surface area contributed by atoms with Gasteiger partial charge in [0.2, 0.25) is 17.7 Å². The Labute approximate surface area is 172 Å². The van der Waals surface area contributed by atoms with Crippen LogP contribution in [-0.2, 0) is 25.6 Å². The number of aliphatic carboxylic acids is 1. The van der Waals surface area contributed by atoms with Crippen molar-refractivity contribution in [2.45, 2.75) is 37.6 Å². The molecular weight excluding hydrogens is 400 g/mol. The van der Waals surface area contributed by atoms with E-state index < -0.39 is 61.1 Å². The molecule has 9 N–H and O–H groups in total. The maximum atomic E-state index is 12.6. The normalized spacial score (nSPS) is 14.7. The van der Waals surface area contributed by atoms with Crippen LogP contribution in [0.25, 0.3) is 0 Å². The molecule has 1 aromatic carbocycles. The zero-order valence-corrected chi connectivity index (χ0v) is 16.2. The molecule has 12 nitrogen and oxygen atoms in total. The zero-order valence-electron chi connectivity index (χ0n) is 16.2. The van der Waals surface area contributed by atoms with Gasteiger partial charge in [0, 0.05) is 6.42 Å². The summed E-state index contributed by atoms with van der Waals surface area (Å²) >= 11 is 0. The number of phenols is 1. The van der Waals surface area contributed by atoms with Crippen LogP contribution in [0.15, 0.2) is 24.3 Å². The lowest BCUT2D eigenvalue weighted by Gasteiger charge is -2.24. The van der Waals surface area contributed by atoms with Crippen LogP contribution in [0.4, 0.5) is 0 Å². The summed E-state index contributed by atoms with van der Waals surface area (Å²) in [5, 5.41) is 43.9. The van der Waals surface area contributed by atoms with E-state index >= 15 is 0 Å². The highest BCUT2D eigenvalue weighted by Crippen LogP contribution is 2.11. The molecule has 3 amide bonds. The van der Waals surface area contributed by atoms with Gasteiger partial charge in [-0.05, 0) is 24.6 Å². The zero-order chi connectivity index (χ0) is 22.8. The van der Waals surface area contributed by atoms with Crippen molar-refractivity contribution < 1.29 is 39.6 Å². The fourth-order valence-corrected chi connectivity index (χ4v) is 2.44. The molecule has 1 aromatic rings. The first-order valence-corrected chi connectivity index (χ1v) is 8.98. The highest BCUT2D eigenvalue weighted by atomic mass is 16.4. The maximum Gasteiger partial charge on any atom is 0.328 e. The van der Waals surface area contributed by atoms with Crippen LogP contribution in [0.1, 0.15) is 12.5 Å². The molecule has 0 heterocycles. The van der Waals surface area contributed by atoms with E-state index in [-0.39, 0.29) is 12.2 Å². The Morgan fingerprint density at radius 3 is 2.03 bits per heavy atom. The largest absolute Gasteiger partial charge is 0.508 e. The smallest absolute Gasteiger partial charge is 0.328 e. The number of phenolic OH excluding ortho intramolecular Hbond substituents is 1. The van der Waals surface area contributed by atoms with Crippen molar-refractivity contribution in [3.05, 3.63) is 29.8 Å². The lowest BCUT2D eigenvalue weighted by molar-refractivity contribution is -0.145. The van der Waals surface area contributed by atoms with Gasteiger partial charge in [-0.25, -0.2) is 4.79 Å². The van der Waals surface area contributed by atoms with Crippen LogP contribution in [0.3, 0.4) is 0 Å². The third-order valence-electron chi connectivity index (χ3n) is 4.08. The average molecular weight is 426 g/mol. The van der Waals surface area contributed by atoms with Crippen molar-refractivity contribution in [1.82, 2.24) is 16.0 Å². The van der Waals surface area contributed by atoms with Crippen molar-refractivity contribution in [3.63, 3.8) is 0 Å². The Balaban J connectivity index is 2.92. The second-order valence-corrected chi connectivity index (χ2v) is 6.50. The molecule has 0 aliphatic heterocycles. The molecular formula is C18H26N4O8. The summed E-state index contributed by atoms with van der Waals surface area (Å²) < 4.78 is 0. The van der Waals surface area contributed by atoms with E-state index in [0.29, 0.717) is 5.56 Å². The first-order valence-electron chi connectivity index (χ1n) is 8.98. The summed E-state index contributed by atoms with van der Waals surface area (Å²) in [5.74, 6) is -4.00. The van der Waals surface area contributed by atoms with Gasteiger partial charge in [0.05, 0.1) is 19.3 Å². The van der Waals surface area contributed by atoms with E-state index in [4.69, 9.17) is 10.8 Å². The molecule has 30 heavy (non-hydrogen) atoms. The van der Waals surface area contributed by atoms with Crippen LogP contribution in [0, 0.1) is 0 Å². The van der Waals surface area contributed by atoms with Crippen molar-refractivity contribution in [2.75, 3.05) is 13.2 Å². The Bertz CT molecular complexity index is 753. The molecule has 0 radical (unpaired) electrons. The number of carbonyl (C=O) groups excluding carboxylic acids is 3. The molecule has 0 fully saturated rings. The van der Waals surface area contributed by atoms with E-state index in [2.05, 4.69) is 10.6 Å². The fourth-order valence-electron chi connectivity index (χ4n) is 2.44. The summed E-state index contributed by atoms with van der Waals surface area (Å²) in [6.45, 7) is -0.0971. The van der Waals surface area contributed by atoms with Gasteiger partial charge >= 0.3 is 5.97 Å². The number of benzene rings is 1. The van der Waals surface area contributed by atoms with Gasteiger partial charge in [0.15, 0.2) is 6.04 Å². The second-order valence-electron chi connectivity index (χ2n) is 6.50. The fraction of sp³-hybridized carbons (Fsp3) is 0.444. The Kier molecular flexibility index (Phi) is 9.68. The molecule has 0 spiro atoms. The summed E-state index contributed by atoms with van der Waals surface area (Å²) in [6.07, 6.45) is -1.43. The molecule has 0 saturated carbocycles. The summed E-state index contributed by atoms with van der Waals surface area (Å²) in [6, 6.07) is 1.49. The summed E-state index contributed by atoms with van der Waals surface area (Å²) in [7, 11) is 0. The third-order valence-corrected chi connectivity index (χ3v) is 4.08. The monoisotopic (exact) mass is 426 g/mol. The Morgan fingerprint density at radius 2 is 1.57 bits per heavy atom. The van der Waals surface area contributed by atoms with Gasteiger partial charge in [0.25, 0.3) is 0 Å². The molecule has 0 aromatic heterocycles. The van der Waals surface area contributed by atoms with Crippen molar-refractivity contribution in [3.8, 4) is 5.75 Å². The molecule has 0 aliphatic carbocycles. The number of amides is 3. The molecule has 1 rings (SSSR count). The molecule has 0 aliphatic rings. The van der Waals surface area contributed by atoms with Crippen LogP contribution in [0.5, 0.6) is 5.75 Å². The number of carboxylic acid groups (broad SMARTS) is 1. The quantitative estimate of drug-likeness (QED) is 0.179. The topological polar surface area (TPSA) is 211 Å². The molecule has 12 heteroatoms. The van der Waals surface area contributed by atoms with E-state index in [1.807, 2.05) is 5.32 Å². The van der Waals surface area contributed by atoms with Gasteiger partial charge in [-0.15, -0.1) is 0 Å². The number of aliphatic hydroxyl groups is 2. The number of hydrogen-bond acceptors (Lipinski definition) is 8. The third kappa shape index (κ3) is 7.66.